The van der Waals surface area contributed by atoms with Gasteiger partial charge in [-0.05, 0) is 29.0 Å². The zero-order valence-electron chi connectivity index (χ0n) is 14.4. The number of benzene rings is 1. The fourth-order valence-electron chi connectivity index (χ4n) is 2.09. The quantitative estimate of drug-likeness (QED) is 0.464. The number of hydrogen-bond donors (Lipinski definition) is 3. The molecule has 1 rings (SSSR count). The van der Waals surface area contributed by atoms with Gasteiger partial charge in [-0.3, -0.25) is 4.79 Å². The van der Waals surface area contributed by atoms with Crippen molar-refractivity contribution in [1.82, 2.24) is 5.32 Å². The van der Waals surface area contributed by atoms with Crippen molar-refractivity contribution in [2.45, 2.75) is 39.5 Å². The highest BCUT2D eigenvalue weighted by Gasteiger charge is 2.18. The molecule has 4 nitrogen and oxygen atoms in total. The molecule has 0 aliphatic heterocycles. The summed E-state index contributed by atoms with van der Waals surface area (Å²) in [6.07, 6.45) is 0. The van der Waals surface area contributed by atoms with Crippen LogP contribution in [0.1, 0.15) is 61.0 Å². The summed E-state index contributed by atoms with van der Waals surface area (Å²) in [4.78, 5) is 12.4. The van der Waals surface area contributed by atoms with Crippen LogP contribution in [0.5, 0.6) is 5.75 Å². The van der Waals surface area contributed by atoms with Gasteiger partial charge in [-0.15, -0.1) is 0 Å². The van der Waals surface area contributed by atoms with E-state index in [1.54, 1.807) is 27.7 Å². The molecule has 130 valence electrons. The Morgan fingerprint density at radius 1 is 1.17 bits per heavy atom. The van der Waals surface area contributed by atoms with Crippen LogP contribution in [-0.4, -0.2) is 35.6 Å². The van der Waals surface area contributed by atoms with Gasteiger partial charge < -0.3 is 16.2 Å². The minimum atomic E-state index is -0.212. The van der Waals surface area contributed by atoms with Gasteiger partial charge in [0, 0.05) is 24.6 Å². The molecule has 0 aromatic heterocycles. The molecule has 0 aliphatic rings. The highest BCUT2D eigenvalue weighted by Crippen LogP contribution is 2.33. The molecule has 0 radical (unpaired) electrons. The molecule has 0 unspecified atom stereocenters. The molecule has 1 aromatic rings. The lowest BCUT2D eigenvalue weighted by molar-refractivity contribution is 0.0953. The molecule has 0 spiro atoms. The SMILES string of the molecule is CC(C)c1cc(C(=O)NCCSSCCN)c(O)c(C(C)C)c1. The Morgan fingerprint density at radius 2 is 1.83 bits per heavy atom. The molecule has 0 bridgehead atoms. The monoisotopic (exact) mass is 356 g/mol. The van der Waals surface area contributed by atoms with E-state index >= 15 is 0 Å². The molecule has 4 N–H and O–H groups in total. The van der Waals surface area contributed by atoms with Crippen LogP contribution in [0.3, 0.4) is 0 Å². The third-order valence-electron chi connectivity index (χ3n) is 3.45. The second kappa shape index (κ2) is 10.1. The minimum absolute atomic E-state index is 0.104. The second-order valence-electron chi connectivity index (χ2n) is 6.00. The van der Waals surface area contributed by atoms with Gasteiger partial charge in [-0.2, -0.15) is 0 Å². The van der Waals surface area contributed by atoms with Crippen molar-refractivity contribution in [3.05, 3.63) is 28.8 Å². The highest BCUT2D eigenvalue weighted by atomic mass is 33.1. The topological polar surface area (TPSA) is 75.4 Å². The highest BCUT2D eigenvalue weighted by molar-refractivity contribution is 8.76. The Labute approximate surface area is 147 Å². The van der Waals surface area contributed by atoms with Gasteiger partial charge in [0.05, 0.1) is 5.56 Å². The standard InChI is InChI=1S/C17H28N2O2S2/c1-11(2)13-9-14(12(3)4)16(20)15(10-13)17(21)19-6-8-23-22-7-5-18/h9-12,20H,5-8,18H2,1-4H3,(H,19,21). The van der Waals surface area contributed by atoms with Crippen LogP contribution in [0.15, 0.2) is 12.1 Å². The maximum atomic E-state index is 12.4. The van der Waals surface area contributed by atoms with E-state index in [1.165, 1.54) is 0 Å². The molecular formula is C17H28N2O2S2. The van der Waals surface area contributed by atoms with Crippen molar-refractivity contribution in [2.24, 2.45) is 5.73 Å². The first-order valence-electron chi connectivity index (χ1n) is 7.98. The Bertz CT molecular complexity index is 520. The lowest BCUT2D eigenvalue weighted by Crippen LogP contribution is -2.26. The van der Waals surface area contributed by atoms with Crippen molar-refractivity contribution in [2.75, 3.05) is 24.6 Å². The Hall–Kier alpha value is -0.850. The summed E-state index contributed by atoms with van der Waals surface area (Å²) in [5.41, 5.74) is 7.71. The molecule has 6 heteroatoms. The number of nitrogens with one attached hydrogen (secondary N) is 1. The van der Waals surface area contributed by atoms with Gasteiger partial charge in [0.15, 0.2) is 0 Å². The number of phenolic OH excluding ortho intramolecular Hbond substituents is 1. The van der Waals surface area contributed by atoms with E-state index in [9.17, 15) is 9.90 Å². The van der Waals surface area contributed by atoms with E-state index in [2.05, 4.69) is 19.2 Å². The Morgan fingerprint density at radius 3 is 2.39 bits per heavy atom. The van der Waals surface area contributed by atoms with Crippen LogP contribution < -0.4 is 11.1 Å². The molecular weight excluding hydrogens is 328 g/mol. The lowest BCUT2D eigenvalue weighted by atomic mass is 9.91. The van der Waals surface area contributed by atoms with Gasteiger partial charge in [0.1, 0.15) is 5.75 Å². The largest absolute Gasteiger partial charge is 0.507 e. The summed E-state index contributed by atoms with van der Waals surface area (Å²) in [5.74, 6) is 2.10. The van der Waals surface area contributed by atoms with Crippen LogP contribution in [0, 0.1) is 0 Å². The van der Waals surface area contributed by atoms with E-state index in [0.29, 0.717) is 24.6 Å². The summed E-state index contributed by atoms with van der Waals surface area (Å²) >= 11 is 0. The predicted molar refractivity (Wildman–Crippen MR) is 103 cm³/mol. The average Bonchev–Trinajstić information content (AvgIpc) is 2.50. The fraction of sp³-hybridized carbons (Fsp3) is 0.588. The third kappa shape index (κ3) is 6.28. The first-order chi connectivity index (χ1) is 10.9. The maximum Gasteiger partial charge on any atom is 0.255 e. The molecule has 1 aromatic carbocycles. The van der Waals surface area contributed by atoms with E-state index in [-0.39, 0.29) is 17.6 Å². The van der Waals surface area contributed by atoms with E-state index < -0.39 is 0 Å². The zero-order chi connectivity index (χ0) is 17.4. The number of rotatable bonds is 9. The molecule has 0 saturated heterocycles. The first kappa shape index (κ1) is 20.2. The van der Waals surface area contributed by atoms with Gasteiger partial charge >= 0.3 is 0 Å². The number of carbonyl (C=O) groups is 1. The van der Waals surface area contributed by atoms with Gasteiger partial charge in [0.2, 0.25) is 0 Å². The number of aromatic hydroxyl groups is 1. The van der Waals surface area contributed by atoms with Crippen molar-refractivity contribution in [1.29, 1.82) is 0 Å². The molecule has 0 saturated carbocycles. The number of hydrogen-bond acceptors (Lipinski definition) is 5. The average molecular weight is 357 g/mol. The van der Waals surface area contributed by atoms with Crippen LogP contribution in [0.25, 0.3) is 0 Å². The maximum absolute atomic E-state index is 12.4. The minimum Gasteiger partial charge on any atom is -0.507 e. The van der Waals surface area contributed by atoms with Crippen molar-refractivity contribution >= 4 is 27.5 Å². The van der Waals surface area contributed by atoms with Crippen molar-refractivity contribution in [3.63, 3.8) is 0 Å². The number of nitrogens with two attached hydrogens (primary N) is 1. The van der Waals surface area contributed by atoms with E-state index in [1.807, 2.05) is 19.9 Å². The Kier molecular flexibility index (Phi) is 8.87. The van der Waals surface area contributed by atoms with Crippen molar-refractivity contribution < 1.29 is 9.90 Å². The van der Waals surface area contributed by atoms with Crippen LogP contribution in [0.2, 0.25) is 0 Å². The van der Waals surface area contributed by atoms with Crippen LogP contribution in [0.4, 0.5) is 0 Å². The zero-order valence-corrected chi connectivity index (χ0v) is 16.0. The number of phenols is 1. The second-order valence-corrected chi connectivity index (χ2v) is 8.71. The summed E-state index contributed by atoms with van der Waals surface area (Å²) in [6, 6.07) is 3.80. The molecule has 1 amide bonds. The number of amides is 1. The van der Waals surface area contributed by atoms with Crippen LogP contribution >= 0.6 is 21.6 Å². The molecule has 0 atom stereocenters. The smallest absolute Gasteiger partial charge is 0.255 e. The van der Waals surface area contributed by atoms with Gasteiger partial charge in [-0.25, -0.2) is 0 Å². The molecule has 0 heterocycles. The molecule has 23 heavy (non-hydrogen) atoms. The number of carbonyl (C=O) groups excluding carboxylic acids is 1. The van der Waals surface area contributed by atoms with Gasteiger partial charge in [0.25, 0.3) is 5.91 Å². The summed E-state index contributed by atoms with van der Waals surface area (Å²) in [6.45, 7) is 9.45. The first-order valence-corrected chi connectivity index (χ1v) is 10.5. The molecule has 0 fully saturated rings. The van der Waals surface area contributed by atoms with Crippen LogP contribution in [-0.2, 0) is 0 Å². The normalized spacial score (nSPS) is 11.3. The van der Waals surface area contributed by atoms with E-state index in [4.69, 9.17) is 5.73 Å². The van der Waals surface area contributed by atoms with E-state index in [0.717, 1.165) is 22.6 Å². The molecule has 0 aliphatic carbocycles. The summed E-state index contributed by atoms with van der Waals surface area (Å²) in [7, 11) is 3.40. The van der Waals surface area contributed by atoms with Gasteiger partial charge in [-0.1, -0.05) is 55.3 Å². The fourth-order valence-corrected chi connectivity index (χ4v) is 3.86. The Balaban J connectivity index is 2.79. The predicted octanol–water partition coefficient (Wildman–Crippen LogP) is 3.71. The van der Waals surface area contributed by atoms with Crippen molar-refractivity contribution in [3.8, 4) is 5.75 Å². The summed E-state index contributed by atoms with van der Waals surface area (Å²) < 4.78 is 0. The lowest BCUT2D eigenvalue weighted by Gasteiger charge is -2.17. The summed E-state index contributed by atoms with van der Waals surface area (Å²) in [5, 5.41) is 13.3. The third-order valence-corrected chi connectivity index (χ3v) is 5.89.